The van der Waals surface area contributed by atoms with E-state index in [0.717, 1.165) is 23.1 Å². The fraction of sp³-hybridized carbons (Fsp3) is 0.200. The van der Waals surface area contributed by atoms with Gasteiger partial charge in [0.1, 0.15) is 15.8 Å². The number of aliphatic hydroxyl groups is 1. The van der Waals surface area contributed by atoms with Crippen molar-refractivity contribution in [1.82, 2.24) is 9.97 Å². The summed E-state index contributed by atoms with van der Waals surface area (Å²) < 4.78 is 0.371. The zero-order chi connectivity index (χ0) is 14.9. The molecule has 8 nitrogen and oxygen atoms in total. The van der Waals surface area contributed by atoms with E-state index in [1.165, 1.54) is 12.1 Å². The lowest BCUT2D eigenvalue weighted by Crippen LogP contribution is -1.99. The molecule has 2 aromatic rings. The Kier molecular flexibility index (Phi) is 4.06. The summed E-state index contributed by atoms with van der Waals surface area (Å²) in [6.45, 7) is 1.54. The standard InChI is InChI=1S/C10H11N5O3S2/c1-4(16)6-2-5(15(17)18)9(19-6)20-10-13-7(11)3-8(12)14-10/h2-4,16H,1H3,(H4,11,12,13,14)/t4-/m0/s1. The molecule has 2 rings (SSSR count). The molecule has 0 aromatic carbocycles. The molecular weight excluding hydrogens is 302 g/mol. The molecule has 0 unspecified atom stereocenters. The minimum absolute atomic E-state index is 0.0968. The summed E-state index contributed by atoms with van der Waals surface area (Å²) in [5, 5.41) is 20.7. The average Bonchev–Trinajstić information content (AvgIpc) is 2.71. The monoisotopic (exact) mass is 313 g/mol. The van der Waals surface area contributed by atoms with Crippen LogP contribution in [0, 0.1) is 10.1 Å². The van der Waals surface area contributed by atoms with Gasteiger partial charge in [-0.05, 0) is 18.7 Å². The topological polar surface area (TPSA) is 141 Å². The summed E-state index contributed by atoms with van der Waals surface area (Å²) in [6, 6.07) is 2.74. The highest BCUT2D eigenvalue weighted by Crippen LogP contribution is 2.42. The fourth-order valence-electron chi connectivity index (χ4n) is 1.38. The Hall–Kier alpha value is -1.91. The molecular formula is C10H11N5O3S2. The van der Waals surface area contributed by atoms with Gasteiger partial charge in [-0.2, -0.15) is 0 Å². The van der Waals surface area contributed by atoms with Crippen LogP contribution < -0.4 is 11.5 Å². The van der Waals surface area contributed by atoms with E-state index in [9.17, 15) is 15.2 Å². The molecule has 0 aliphatic carbocycles. The second kappa shape index (κ2) is 5.61. The minimum atomic E-state index is -0.778. The lowest BCUT2D eigenvalue weighted by Gasteiger charge is -2.00. The van der Waals surface area contributed by atoms with Gasteiger partial charge in [0.2, 0.25) is 0 Å². The van der Waals surface area contributed by atoms with E-state index >= 15 is 0 Å². The number of nitro groups is 1. The van der Waals surface area contributed by atoms with E-state index in [2.05, 4.69) is 9.97 Å². The van der Waals surface area contributed by atoms with Gasteiger partial charge in [0.05, 0.1) is 11.0 Å². The van der Waals surface area contributed by atoms with E-state index in [-0.39, 0.29) is 22.5 Å². The van der Waals surface area contributed by atoms with Gasteiger partial charge in [-0.3, -0.25) is 10.1 Å². The van der Waals surface area contributed by atoms with Crippen molar-refractivity contribution in [2.45, 2.75) is 22.4 Å². The zero-order valence-electron chi connectivity index (χ0n) is 10.3. The highest BCUT2D eigenvalue weighted by molar-refractivity contribution is 8.01. The van der Waals surface area contributed by atoms with Crippen LogP contribution in [0.5, 0.6) is 0 Å². The first-order valence-electron chi connectivity index (χ1n) is 5.41. The zero-order valence-corrected chi connectivity index (χ0v) is 11.9. The van der Waals surface area contributed by atoms with Crippen LogP contribution in [0.2, 0.25) is 0 Å². The molecule has 0 aliphatic rings. The van der Waals surface area contributed by atoms with E-state index in [0.29, 0.717) is 9.09 Å². The van der Waals surface area contributed by atoms with Gasteiger partial charge in [0, 0.05) is 17.0 Å². The SMILES string of the molecule is C[C@H](O)c1cc([N+](=O)[O-])c(Sc2nc(N)cc(N)n2)s1. The Morgan fingerprint density at radius 3 is 2.50 bits per heavy atom. The molecule has 0 radical (unpaired) electrons. The van der Waals surface area contributed by atoms with Gasteiger partial charge < -0.3 is 16.6 Å². The number of thiophene rings is 1. The second-order valence-electron chi connectivity index (χ2n) is 3.86. The molecule has 5 N–H and O–H groups in total. The van der Waals surface area contributed by atoms with Crippen LogP contribution in [0.1, 0.15) is 17.9 Å². The molecule has 0 amide bonds. The van der Waals surface area contributed by atoms with Gasteiger partial charge in [-0.25, -0.2) is 9.97 Å². The Balaban J connectivity index is 2.39. The van der Waals surface area contributed by atoms with E-state index in [1.54, 1.807) is 6.92 Å². The molecule has 0 saturated heterocycles. The molecule has 2 aromatic heterocycles. The quantitative estimate of drug-likeness (QED) is 0.441. The summed E-state index contributed by atoms with van der Waals surface area (Å²) in [7, 11) is 0. The van der Waals surface area contributed by atoms with Crippen LogP contribution in [-0.4, -0.2) is 20.0 Å². The number of nitrogens with zero attached hydrogens (tertiary/aromatic N) is 3. The maximum atomic E-state index is 11.0. The predicted molar refractivity (Wildman–Crippen MR) is 76.6 cm³/mol. The van der Waals surface area contributed by atoms with Crippen LogP contribution >= 0.6 is 23.1 Å². The van der Waals surface area contributed by atoms with E-state index in [4.69, 9.17) is 11.5 Å². The number of anilines is 2. The van der Waals surface area contributed by atoms with E-state index in [1.807, 2.05) is 0 Å². The minimum Gasteiger partial charge on any atom is -0.388 e. The Morgan fingerprint density at radius 2 is 2.00 bits per heavy atom. The number of nitrogen functional groups attached to an aromatic ring is 2. The number of hydrogen-bond donors (Lipinski definition) is 3. The smallest absolute Gasteiger partial charge is 0.294 e. The second-order valence-corrected chi connectivity index (χ2v) is 6.18. The van der Waals surface area contributed by atoms with Crippen molar-refractivity contribution in [3.8, 4) is 0 Å². The van der Waals surface area contributed by atoms with Crippen LogP contribution in [-0.2, 0) is 0 Å². The molecule has 1 atom stereocenters. The first-order chi connectivity index (χ1) is 9.36. The number of aromatic nitrogens is 2. The van der Waals surface area contributed by atoms with Crippen molar-refractivity contribution in [2.75, 3.05) is 11.5 Å². The number of nitrogens with two attached hydrogens (primary N) is 2. The first kappa shape index (κ1) is 14.5. The van der Waals surface area contributed by atoms with Crippen LogP contribution in [0.3, 0.4) is 0 Å². The lowest BCUT2D eigenvalue weighted by molar-refractivity contribution is -0.387. The van der Waals surface area contributed by atoms with Crippen molar-refractivity contribution in [3.05, 3.63) is 27.1 Å². The molecule has 2 heterocycles. The number of hydrogen-bond acceptors (Lipinski definition) is 9. The molecule has 0 aliphatic heterocycles. The molecule has 0 bridgehead atoms. The molecule has 10 heteroatoms. The fourth-order valence-corrected chi connectivity index (χ4v) is 3.56. The number of aliphatic hydroxyl groups excluding tert-OH is 1. The Morgan fingerprint density at radius 1 is 1.40 bits per heavy atom. The summed E-state index contributed by atoms with van der Waals surface area (Å²) in [4.78, 5) is 18.9. The maximum Gasteiger partial charge on any atom is 0.294 e. The van der Waals surface area contributed by atoms with Crippen molar-refractivity contribution >= 4 is 40.4 Å². The van der Waals surface area contributed by atoms with Crippen molar-refractivity contribution < 1.29 is 10.0 Å². The maximum absolute atomic E-state index is 11.0. The average molecular weight is 313 g/mol. The van der Waals surface area contributed by atoms with Gasteiger partial charge in [0.25, 0.3) is 5.69 Å². The third kappa shape index (κ3) is 3.15. The molecule has 20 heavy (non-hydrogen) atoms. The molecule has 0 fully saturated rings. The van der Waals surface area contributed by atoms with Crippen molar-refractivity contribution in [2.24, 2.45) is 0 Å². The molecule has 106 valence electrons. The van der Waals surface area contributed by atoms with Gasteiger partial charge >= 0.3 is 0 Å². The number of rotatable bonds is 4. The highest BCUT2D eigenvalue weighted by atomic mass is 32.2. The van der Waals surface area contributed by atoms with Crippen LogP contribution in [0.25, 0.3) is 0 Å². The normalized spacial score (nSPS) is 12.3. The van der Waals surface area contributed by atoms with Crippen molar-refractivity contribution in [3.63, 3.8) is 0 Å². The summed E-state index contributed by atoms with van der Waals surface area (Å²) in [5.41, 5.74) is 11.0. The Labute approximate surface area is 122 Å². The third-order valence-corrected chi connectivity index (χ3v) is 4.59. The Bertz CT molecular complexity index is 638. The van der Waals surface area contributed by atoms with Crippen LogP contribution in [0.15, 0.2) is 21.5 Å². The lowest BCUT2D eigenvalue weighted by atomic mass is 10.3. The molecule has 0 spiro atoms. The third-order valence-electron chi connectivity index (χ3n) is 2.24. The summed E-state index contributed by atoms with van der Waals surface area (Å²) >= 11 is 2.10. The van der Waals surface area contributed by atoms with Gasteiger partial charge in [-0.1, -0.05) is 0 Å². The first-order valence-corrected chi connectivity index (χ1v) is 7.04. The molecule has 0 saturated carbocycles. The van der Waals surface area contributed by atoms with E-state index < -0.39 is 11.0 Å². The predicted octanol–water partition coefficient (Wildman–Crippen LogP) is 1.82. The highest BCUT2D eigenvalue weighted by Gasteiger charge is 2.22. The summed E-state index contributed by atoms with van der Waals surface area (Å²) in [6.07, 6.45) is -0.778. The van der Waals surface area contributed by atoms with Crippen molar-refractivity contribution in [1.29, 1.82) is 0 Å². The van der Waals surface area contributed by atoms with Gasteiger partial charge in [0.15, 0.2) is 5.16 Å². The summed E-state index contributed by atoms with van der Waals surface area (Å²) in [5.74, 6) is 0.380. The van der Waals surface area contributed by atoms with Crippen LogP contribution in [0.4, 0.5) is 17.3 Å². The van der Waals surface area contributed by atoms with Gasteiger partial charge in [-0.15, -0.1) is 11.3 Å². The largest absolute Gasteiger partial charge is 0.388 e.